The van der Waals surface area contributed by atoms with E-state index < -0.39 is 41.2 Å². The molecule has 4 N–H and O–H groups in total. The minimum atomic E-state index is -4.48. The maximum Gasteiger partial charge on any atom is 0.416 e. The molecule has 0 saturated heterocycles. The first-order valence-electron chi connectivity index (χ1n) is 8.46. The van der Waals surface area contributed by atoms with Crippen LogP contribution in [-0.4, -0.2) is 51.3 Å². The first kappa shape index (κ1) is 20.5. The Kier molecular flexibility index (Phi) is 5.88. The van der Waals surface area contributed by atoms with Crippen molar-refractivity contribution in [1.82, 2.24) is 5.32 Å². The third-order valence-corrected chi connectivity index (χ3v) is 5.94. The number of amides is 1. The Morgan fingerprint density at radius 3 is 2.82 bits per heavy atom. The minimum absolute atomic E-state index is 0.0340. The van der Waals surface area contributed by atoms with Gasteiger partial charge in [-0.2, -0.15) is 13.2 Å². The van der Waals surface area contributed by atoms with Crippen LogP contribution in [0.4, 0.5) is 18.9 Å². The summed E-state index contributed by atoms with van der Waals surface area (Å²) in [5.41, 5.74) is -0.622. The Morgan fingerprint density at radius 1 is 1.39 bits per heavy atom. The molecule has 150 valence electrons. The number of hydrogen-bond acceptors (Lipinski definition) is 6. The summed E-state index contributed by atoms with van der Waals surface area (Å²) < 4.78 is 38.6. The van der Waals surface area contributed by atoms with Crippen LogP contribution in [-0.2, 0) is 11.0 Å². The lowest BCUT2D eigenvalue weighted by atomic mass is 9.81. The number of anilines is 1. The number of carbonyl (C=O) groups excluding carboxylic acids is 1. The van der Waals surface area contributed by atoms with Gasteiger partial charge in [0.05, 0.1) is 30.2 Å². The van der Waals surface area contributed by atoms with Crippen molar-refractivity contribution >= 4 is 28.5 Å². The molecular weight excluding hydrogens is 395 g/mol. The Balaban J connectivity index is 1.77. The zero-order valence-electron chi connectivity index (χ0n) is 14.5. The van der Waals surface area contributed by atoms with E-state index in [2.05, 4.69) is 21.5 Å². The fraction of sp³-hybridized carbons (Fsp3) is 0.444. The van der Waals surface area contributed by atoms with Gasteiger partial charge in [0.1, 0.15) is 6.10 Å². The second kappa shape index (κ2) is 8.03. The van der Waals surface area contributed by atoms with Crippen molar-refractivity contribution in [3.63, 3.8) is 0 Å². The lowest BCUT2D eigenvalue weighted by molar-refractivity contribution is -0.137. The quantitative estimate of drug-likeness (QED) is 0.563. The van der Waals surface area contributed by atoms with Gasteiger partial charge in [0.15, 0.2) is 5.17 Å². The maximum absolute atomic E-state index is 12.9. The molecule has 10 heteroatoms. The van der Waals surface area contributed by atoms with Crippen molar-refractivity contribution < 1.29 is 28.2 Å². The molecule has 1 aromatic carbocycles. The molecule has 1 heterocycles. The van der Waals surface area contributed by atoms with E-state index in [1.54, 1.807) is 0 Å². The highest BCUT2D eigenvalue weighted by Crippen LogP contribution is 2.41. The molecule has 5 atom stereocenters. The van der Waals surface area contributed by atoms with Crippen molar-refractivity contribution in [2.75, 3.05) is 11.9 Å². The van der Waals surface area contributed by atoms with E-state index in [1.807, 2.05) is 0 Å². The van der Waals surface area contributed by atoms with Crippen LogP contribution < -0.4 is 10.6 Å². The number of carbonyl (C=O) groups is 1. The number of nitrogens with one attached hydrogen (secondary N) is 2. The van der Waals surface area contributed by atoms with Crippen LogP contribution in [0.15, 0.2) is 29.3 Å². The average molecular weight is 413 g/mol. The molecule has 0 bridgehead atoms. The van der Waals surface area contributed by atoms with Gasteiger partial charge in [0, 0.05) is 10.9 Å². The Bertz CT molecular complexity index is 824. The lowest BCUT2D eigenvalue weighted by Crippen LogP contribution is -2.54. The predicted molar refractivity (Wildman–Crippen MR) is 99.6 cm³/mol. The highest BCUT2D eigenvalue weighted by Gasteiger charge is 2.50. The zero-order valence-corrected chi connectivity index (χ0v) is 15.3. The van der Waals surface area contributed by atoms with E-state index in [4.69, 9.17) is 6.42 Å². The summed E-state index contributed by atoms with van der Waals surface area (Å²) >= 11 is 1.15. The van der Waals surface area contributed by atoms with E-state index in [-0.39, 0.29) is 29.7 Å². The van der Waals surface area contributed by atoms with Gasteiger partial charge in [-0.15, -0.1) is 6.42 Å². The Labute approximate surface area is 163 Å². The standard InChI is InChI=1S/C18H18F3N3O3S/c1-2-6-22-16(27)11-8-12(25)14(26)13-15(11)28-17(24-13)23-10-5-3-4-9(7-10)18(19,20)21/h1,3-5,7,11-15,25-26H,6,8H2,(H,22,27)(H,23,24)/t11-,12+,13-,14-,15+/m0/s1. The van der Waals surface area contributed by atoms with Crippen molar-refractivity contribution in [3.8, 4) is 12.3 Å². The highest BCUT2D eigenvalue weighted by molar-refractivity contribution is 8.15. The van der Waals surface area contributed by atoms with E-state index in [1.165, 1.54) is 12.1 Å². The number of nitrogens with zero attached hydrogens (tertiary/aromatic N) is 1. The normalized spacial score (nSPS) is 29.4. The van der Waals surface area contributed by atoms with Crippen LogP contribution in [0.1, 0.15) is 12.0 Å². The number of amidine groups is 1. The average Bonchev–Trinajstić information content (AvgIpc) is 3.06. The summed E-state index contributed by atoms with van der Waals surface area (Å²) in [5, 5.41) is 25.5. The first-order chi connectivity index (χ1) is 13.2. The second-order valence-corrected chi connectivity index (χ2v) is 7.70. The summed E-state index contributed by atoms with van der Waals surface area (Å²) in [6.45, 7) is 0.0340. The molecule has 0 spiro atoms. The van der Waals surface area contributed by atoms with Crippen LogP contribution in [0.5, 0.6) is 0 Å². The molecule has 3 rings (SSSR count). The number of thioether (sulfide) groups is 1. The number of hydrogen-bond donors (Lipinski definition) is 4. The number of halogens is 3. The van der Waals surface area contributed by atoms with E-state index in [0.29, 0.717) is 0 Å². The third kappa shape index (κ3) is 4.27. The number of benzene rings is 1. The summed E-state index contributed by atoms with van der Waals surface area (Å²) in [5.74, 6) is 1.29. The Hall–Kier alpha value is -2.22. The summed E-state index contributed by atoms with van der Waals surface area (Å²) in [6, 6.07) is 3.88. The van der Waals surface area contributed by atoms with Gasteiger partial charge in [0.2, 0.25) is 5.91 Å². The van der Waals surface area contributed by atoms with Gasteiger partial charge in [-0.05, 0) is 24.6 Å². The number of aliphatic hydroxyl groups is 2. The Morgan fingerprint density at radius 2 is 2.14 bits per heavy atom. The number of aliphatic imine (C=N–C) groups is 1. The van der Waals surface area contributed by atoms with Crippen molar-refractivity contribution in [2.45, 2.75) is 36.1 Å². The van der Waals surface area contributed by atoms with Gasteiger partial charge in [-0.1, -0.05) is 23.7 Å². The smallest absolute Gasteiger partial charge is 0.390 e. The SMILES string of the molecule is C#CCNC(=O)[C@H]1C[C@@H](O)[C@H](O)[C@@H]2N=C(Nc3cccc(C(F)(F)F)c3)S[C@@H]21. The van der Waals surface area contributed by atoms with Crippen molar-refractivity contribution in [2.24, 2.45) is 10.9 Å². The number of rotatable bonds is 3. The molecule has 0 aromatic heterocycles. The van der Waals surface area contributed by atoms with Crippen molar-refractivity contribution in [1.29, 1.82) is 0 Å². The van der Waals surface area contributed by atoms with Gasteiger partial charge in [0.25, 0.3) is 0 Å². The minimum Gasteiger partial charge on any atom is -0.390 e. The number of aliphatic hydroxyl groups excluding tert-OH is 2. The molecule has 28 heavy (non-hydrogen) atoms. The fourth-order valence-electron chi connectivity index (χ4n) is 3.27. The molecular formula is C18H18F3N3O3S. The number of alkyl halides is 3. The van der Waals surface area contributed by atoms with E-state index >= 15 is 0 Å². The molecule has 1 aliphatic carbocycles. The van der Waals surface area contributed by atoms with Crippen LogP contribution in [0.2, 0.25) is 0 Å². The molecule has 6 nitrogen and oxygen atoms in total. The summed E-state index contributed by atoms with van der Waals surface area (Å²) in [7, 11) is 0. The zero-order chi connectivity index (χ0) is 20.5. The molecule has 0 radical (unpaired) electrons. The van der Waals surface area contributed by atoms with Crippen molar-refractivity contribution in [3.05, 3.63) is 29.8 Å². The molecule has 1 amide bonds. The number of terminal acetylenes is 1. The van der Waals surface area contributed by atoms with E-state index in [9.17, 15) is 28.2 Å². The summed E-state index contributed by atoms with van der Waals surface area (Å²) in [6.07, 6.45) is -1.60. The monoisotopic (exact) mass is 413 g/mol. The first-order valence-corrected chi connectivity index (χ1v) is 9.34. The van der Waals surface area contributed by atoms with Gasteiger partial charge in [-0.25, -0.2) is 0 Å². The summed E-state index contributed by atoms with van der Waals surface area (Å²) in [4.78, 5) is 16.7. The van der Waals surface area contributed by atoms with Crippen LogP contribution in [0, 0.1) is 18.3 Å². The maximum atomic E-state index is 12.9. The van der Waals surface area contributed by atoms with Crippen LogP contribution >= 0.6 is 11.8 Å². The molecule has 2 aliphatic rings. The largest absolute Gasteiger partial charge is 0.416 e. The predicted octanol–water partition coefficient (Wildman–Crippen LogP) is 1.45. The van der Waals surface area contributed by atoms with Crippen LogP contribution in [0.3, 0.4) is 0 Å². The second-order valence-electron chi connectivity index (χ2n) is 6.53. The lowest BCUT2D eigenvalue weighted by Gasteiger charge is -2.37. The molecule has 1 saturated carbocycles. The van der Waals surface area contributed by atoms with Gasteiger partial charge in [-0.3, -0.25) is 9.79 Å². The van der Waals surface area contributed by atoms with Crippen LogP contribution in [0.25, 0.3) is 0 Å². The molecule has 1 fully saturated rings. The van der Waals surface area contributed by atoms with E-state index in [0.717, 1.165) is 23.9 Å². The van der Waals surface area contributed by atoms with Gasteiger partial charge >= 0.3 is 6.18 Å². The van der Waals surface area contributed by atoms with Gasteiger partial charge < -0.3 is 20.8 Å². The highest BCUT2D eigenvalue weighted by atomic mass is 32.2. The molecule has 1 aliphatic heterocycles. The molecule has 0 unspecified atom stereocenters. The number of fused-ring (bicyclic) bond motifs is 1. The fourth-order valence-corrected chi connectivity index (χ4v) is 4.65. The third-order valence-electron chi connectivity index (χ3n) is 4.63. The molecule has 1 aromatic rings. The topological polar surface area (TPSA) is 94.0 Å².